The van der Waals surface area contributed by atoms with Crippen molar-refractivity contribution in [3.05, 3.63) is 48.6 Å². The van der Waals surface area contributed by atoms with E-state index in [1.807, 2.05) is 24.3 Å². The van der Waals surface area contributed by atoms with Crippen molar-refractivity contribution in [3.63, 3.8) is 0 Å². The molecule has 0 aliphatic rings. The Labute approximate surface area is 795 Å². The van der Waals surface area contributed by atoms with E-state index in [-0.39, 0.29) is 100 Å². The van der Waals surface area contributed by atoms with Crippen molar-refractivity contribution in [1.29, 1.82) is 0 Å². The second-order valence-corrected chi connectivity index (χ2v) is 33.9. The third-order valence-electron chi connectivity index (χ3n) is 21.2. The van der Waals surface area contributed by atoms with Crippen LogP contribution in [-0.4, -0.2) is 121 Å². The quantitative estimate of drug-likeness (QED) is 0.0145. The van der Waals surface area contributed by atoms with E-state index in [4.69, 9.17) is 69.5 Å². The summed E-state index contributed by atoms with van der Waals surface area (Å²) < 4.78 is 19.6. The molecule has 692 valence electrons. The van der Waals surface area contributed by atoms with Crippen molar-refractivity contribution < 1.29 is 38.1 Å². The summed E-state index contributed by atoms with van der Waals surface area (Å²) in [6.45, 7) is 10.5. The Hall–Kier alpha value is 0.187. The van der Waals surface area contributed by atoms with Crippen LogP contribution in [0.1, 0.15) is 531 Å². The van der Waals surface area contributed by atoms with Gasteiger partial charge in [-0.25, -0.2) is 19.2 Å². The molecular formula is C102H198O8S5Sn2. The minimum Gasteiger partial charge on any atom is -0.789 e. The maximum Gasteiger partial charge on any atom is 2.00 e. The van der Waals surface area contributed by atoms with Crippen molar-refractivity contribution in [2.45, 2.75) is 531 Å². The van der Waals surface area contributed by atoms with E-state index in [1.165, 1.54) is 462 Å². The monoisotopic (exact) mass is 1950 g/mol. The number of carbonyl (C=O) groups excluding carboxylic acids is 4. The molecule has 0 aromatic rings. The molecule has 15 heteroatoms. The summed E-state index contributed by atoms with van der Waals surface area (Å²) in [5, 5.41) is 0. The normalized spacial score (nSPS) is 10.9. The van der Waals surface area contributed by atoms with E-state index in [0.29, 0.717) is 49.4 Å². The van der Waals surface area contributed by atoms with Gasteiger partial charge in [0, 0.05) is 24.3 Å². The van der Waals surface area contributed by atoms with Crippen LogP contribution in [0, 0.1) is 0 Å². The van der Waals surface area contributed by atoms with E-state index in [0.717, 1.165) is 25.7 Å². The number of ether oxygens (including phenoxy) is 4. The second kappa shape index (κ2) is 132. The standard InChI is InChI=1S/4C25H48O2S.2CH4.H2S.2Sn/c4*1-2-3-4-5-6-7-8-9-10-11-12-13-14-15-16-17-18-19-20-21-22-25(26)27-23-24-28;;;;;/h4*21-22,28H,2-20,23-24H2,1H3;2*1H4;1H2;;/q;;;;;;;2*+2/p-4/b4*22-21+;;;;;. The molecule has 0 unspecified atom stereocenters. The molecule has 0 heterocycles. The minimum absolute atomic E-state index is 0. The molecule has 0 aromatic heterocycles. The van der Waals surface area contributed by atoms with E-state index < -0.39 is 0 Å². The van der Waals surface area contributed by atoms with Crippen molar-refractivity contribution in [1.82, 2.24) is 0 Å². The van der Waals surface area contributed by atoms with Crippen molar-refractivity contribution in [2.24, 2.45) is 0 Å². The first kappa shape index (κ1) is 135. The van der Waals surface area contributed by atoms with Crippen LogP contribution in [0.3, 0.4) is 0 Å². The number of hydrogen-bond donors (Lipinski definition) is 0. The van der Waals surface area contributed by atoms with Crippen LogP contribution >= 0.6 is 13.5 Å². The van der Waals surface area contributed by atoms with E-state index in [9.17, 15) is 19.2 Å². The van der Waals surface area contributed by atoms with Crippen molar-refractivity contribution in [3.8, 4) is 0 Å². The molecule has 8 nitrogen and oxygen atoms in total. The van der Waals surface area contributed by atoms with Crippen molar-refractivity contribution in [2.75, 3.05) is 49.4 Å². The van der Waals surface area contributed by atoms with Gasteiger partial charge in [-0.2, -0.15) is 13.5 Å². The van der Waals surface area contributed by atoms with Crippen LogP contribution in [0.2, 0.25) is 0 Å². The van der Waals surface area contributed by atoms with Crippen LogP contribution in [0.4, 0.5) is 0 Å². The third kappa shape index (κ3) is 140. The van der Waals surface area contributed by atoms with Gasteiger partial charge in [0.1, 0.15) is 0 Å². The van der Waals surface area contributed by atoms with Crippen LogP contribution < -0.4 is 0 Å². The number of unbranched alkanes of at least 4 members (excludes halogenated alkanes) is 72. The Morgan fingerprint density at radius 3 is 0.376 bits per heavy atom. The number of hydrogen-bond acceptors (Lipinski definition) is 12. The molecule has 0 saturated carbocycles. The molecule has 0 bridgehead atoms. The van der Waals surface area contributed by atoms with Gasteiger partial charge in [-0.05, 0) is 51.4 Å². The Balaban J connectivity index is -0.000000187. The summed E-state index contributed by atoms with van der Waals surface area (Å²) in [6, 6.07) is 0. The number of allylic oxidation sites excluding steroid dienone is 4. The fourth-order valence-corrected chi connectivity index (χ4v) is 14.5. The molecule has 4 radical (unpaired) electrons. The van der Waals surface area contributed by atoms with Crippen LogP contribution in [-0.2, 0) is 88.6 Å². The van der Waals surface area contributed by atoms with Crippen molar-refractivity contribution >= 4 is 136 Å². The van der Waals surface area contributed by atoms with Gasteiger partial charge in [-0.15, -0.1) is 23.0 Å². The Bertz CT molecular complexity index is 1650. The van der Waals surface area contributed by atoms with Gasteiger partial charge in [0.2, 0.25) is 0 Å². The van der Waals surface area contributed by atoms with Crippen LogP contribution in [0.25, 0.3) is 0 Å². The van der Waals surface area contributed by atoms with Gasteiger partial charge in [-0.3, -0.25) is 0 Å². The Morgan fingerprint density at radius 2 is 0.282 bits per heavy atom. The molecule has 0 aliphatic carbocycles. The third-order valence-corrected chi connectivity index (χ3v) is 21.9. The van der Waals surface area contributed by atoms with Gasteiger partial charge in [-0.1, -0.05) is 503 Å². The van der Waals surface area contributed by atoms with Gasteiger partial charge >= 0.3 is 71.7 Å². The predicted octanol–water partition coefficient (Wildman–Crippen LogP) is 32.9. The molecular weight excluding hydrogens is 1750 g/mol. The first-order valence-corrected chi connectivity index (χ1v) is 51.2. The molecule has 0 spiro atoms. The molecule has 0 amide bonds. The van der Waals surface area contributed by atoms with Crippen LogP contribution in [0.5, 0.6) is 0 Å². The zero-order chi connectivity index (χ0) is 82.2. The van der Waals surface area contributed by atoms with Gasteiger partial charge in [0.15, 0.2) is 0 Å². The topological polar surface area (TPSA) is 105 Å². The van der Waals surface area contributed by atoms with Gasteiger partial charge < -0.3 is 69.5 Å². The van der Waals surface area contributed by atoms with E-state index in [2.05, 4.69) is 27.7 Å². The average molecular weight is 1950 g/mol. The molecule has 0 saturated heterocycles. The largest absolute Gasteiger partial charge is 2.00 e. The second-order valence-electron chi connectivity index (χ2n) is 32.3. The smallest absolute Gasteiger partial charge is 0.789 e. The molecule has 117 heavy (non-hydrogen) atoms. The zero-order valence-corrected chi connectivity index (χ0v) is 86.4. The fraction of sp³-hybridized carbons (Fsp3) is 0.882. The van der Waals surface area contributed by atoms with Crippen LogP contribution in [0.15, 0.2) is 48.6 Å². The molecule has 0 aromatic carbocycles. The number of rotatable bonds is 88. The summed E-state index contributed by atoms with van der Waals surface area (Å²) in [5.41, 5.74) is 0. The van der Waals surface area contributed by atoms with Gasteiger partial charge in [0.25, 0.3) is 0 Å². The SMILES string of the molecule is C.C.CCCCCCCCCCCCCCCCCCCC/C=C/C(=O)OCC[S-].CCCCCCCCCCCCCCCCCCCC/C=C/C(=O)OCC[S-].CCCCCCCCCCCCCCCCCCCC/C=C/C(=O)OCC[S-].CCCCCCCCCCCCCCCCCCCC/C=C/C(=O)OCC[S-].S.[Sn+2].[Sn+2]. The maximum absolute atomic E-state index is 11.2. The van der Waals surface area contributed by atoms with E-state index >= 15 is 0 Å². The molecule has 0 fully saturated rings. The summed E-state index contributed by atoms with van der Waals surface area (Å²) >= 11 is 18.9. The van der Waals surface area contributed by atoms with E-state index in [1.54, 1.807) is 24.3 Å². The first-order valence-electron chi connectivity index (χ1n) is 48.9. The molecule has 0 atom stereocenters. The summed E-state index contributed by atoms with van der Waals surface area (Å²) in [6.07, 6.45) is 118. The zero-order valence-electron chi connectivity index (χ0n) is 76.4. The number of esters is 4. The predicted molar refractivity (Wildman–Crippen MR) is 538 cm³/mol. The maximum atomic E-state index is 11.2. The summed E-state index contributed by atoms with van der Waals surface area (Å²) in [7, 11) is 0. The molecule has 0 N–H and O–H groups in total. The summed E-state index contributed by atoms with van der Waals surface area (Å²) in [4.78, 5) is 45.0. The first-order chi connectivity index (χ1) is 55.2. The number of carbonyl (C=O) groups is 4. The molecule has 0 rings (SSSR count). The minimum atomic E-state index is -0.257. The van der Waals surface area contributed by atoms with Gasteiger partial charge in [0.05, 0.1) is 26.4 Å². The Kier molecular flexibility index (Phi) is 152. The Morgan fingerprint density at radius 1 is 0.188 bits per heavy atom. The summed E-state index contributed by atoms with van der Waals surface area (Å²) in [5.74, 6) is 0.856. The molecule has 0 aliphatic heterocycles. The fourth-order valence-electron chi connectivity index (χ4n) is 14.1. The average Bonchev–Trinajstić information content (AvgIpc) is 1.08.